The van der Waals surface area contributed by atoms with Crippen LogP contribution in [0.2, 0.25) is 0 Å². The van der Waals surface area contributed by atoms with Crippen LogP contribution < -0.4 is 4.74 Å². The van der Waals surface area contributed by atoms with Crippen molar-refractivity contribution in [1.29, 1.82) is 0 Å². The molecule has 5 heteroatoms. The van der Waals surface area contributed by atoms with Crippen LogP contribution in [0.15, 0.2) is 36.7 Å². The maximum atomic E-state index is 11.4. The molecule has 0 spiro atoms. The van der Waals surface area contributed by atoms with Gasteiger partial charge in [0.1, 0.15) is 5.75 Å². The second-order valence-corrected chi connectivity index (χ2v) is 4.10. The van der Waals surface area contributed by atoms with Gasteiger partial charge < -0.3 is 4.74 Å². The second kappa shape index (κ2) is 5.69. The van der Waals surface area contributed by atoms with E-state index in [0.717, 1.165) is 11.3 Å². The van der Waals surface area contributed by atoms with Gasteiger partial charge in [0, 0.05) is 6.20 Å². The first kappa shape index (κ1) is 12.6. The number of carbonyl (C=O) groups is 1. The average Bonchev–Trinajstić information content (AvgIpc) is 2.87. The first-order chi connectivity index (χ1) is 8.72. The lowest BCUT2D eigenvalue weighted by molar-refractivity contribution is 0.102. The Hall–Kier alpha value is -1.81. The van der Waals surface area contributed by atoms with Gasteiger partial charge in [0.2, 0.25) is 0 Å². The molecular weight excluding hydrogens is 252 g/mol. The van der Waals surface area contributed by atoms with Crippen molar-refractivity contribution >= 4 is 17.4 Å². The third-order valence-corrected chi connectivity index (χ3v) is 2.82. The number of benzene rings is 1. The molecule has 0 amide bonds. The zero-order chi connectivity index (χ0) is 13.0. The Morgan fingerprint density at radius 1 is 1.39 bits per heavy atom. The fraction of sp³-hybridized carbons (Fsp3) is 0.231. The van der Waals surface area contributed by atoms with Gasteiger partial charge in [-0.15, -0.1) is 11.6 Å². The number of ether oxygens (including phenoxy) is 1. The molecule has 0 atom stereocenters. The monoisotopic (exact) mass is 264 g/mol. The molecule has 0 aliphatic carbocycles. The second-order valence-electron chi connectivity index (χ2n) is 3.83. The maximum Gasteiger partial charge on any atom is 0.180 e. The maximum absolute atomic E-state index is 11.4. The van der Waals surface area contributed by atoms with E-state index in [4.69, 9.17) is 16.3 Å². The van der Waals surface area contributed by atoms with Crippen LogP contribution in [0.25, 0.3) is 0 Å². The Kier molecular flexibility index (Phi) is 3.99. The summed E-state index contributed by atoms with van der Waals surface area (Å²) in [5, 5.41) is 4.13. The smallest absolute Gasteiger partial charge is 0.180 e. The van der Waals surface area contributed by atoms with Gasteiger partial charge in [0.05, 0.1) is 31.3 Å². The standard InChI is InChI=1S/C13H13ClN2O2/c1-18-12-4-2-10(3-5-12)8-16-9-11(7-15-16)13(17)6-14/h2-5,7,9H,6,8H2,1H3. The predicted octanol–water partition coefficient (Wildman–Crippen LogP) is 2.36. The summed E-state index contributed by atoms with van der Waals surface area (Å²) < 4.78 is 6.80. The Labute approximate surface area is 110 Å². The third-order valence-electron chi connectivity index (χ3n) is 2.58. The zero-order valence-electron chi connectivity index (χ0n) is 9.97. The Morgan fingerprint density at radius 2 is 2.11 bits per heavy atom. The van der Waals surface area contributed by atoms with E-state index in [0.29, 0.717) is 12.1 Å². The van der Waals surface area contributed by atoms with Crippen molar-refractivity contribution in [2.24, 2.45) is 0 Å². The Bertz CT molecular complexity index is 534. The Morgan fingerprint density at radius 3 is 2.72 bits per heavy atom. The number of hydrogen-bond acceptors (Lipinski definition) is 3. The minimum Gasteiger partial charge on any atom is -0.497 e. The largest absolute Gasteiger partial charge is 0.497 e. The summed E-state index contributed by atoms with van der Waals surface area (Å²) in [7, 11) is 1.63. The molecule has 0 unspecified atom stereocenters. The molecule has 0 aliphatic rings. The van der Waals surface area contributed by atoms with Gasteiger partial charge in [-0.1, -0.05) is 12.1 Å². The number of halogens is 1. The minimum absolute atomic E-state index is 0.0196. The summed E-state index contributed by atoms with van der Waals surface area (Å²) in [6.45, 7) is 0.611. The van der Waals surface area contributed by atoms with Crippen molar-refractivity contribution in [2.45, 2.75) is 6.54 Å². The summed E-state index contributed by atoms with van der Waals surface area (Å²) in [5.74, 6) is 0.684. The van der Waals surface area contributed by atoms with E-state index in [2.05, 4.69) is 5.10 Å². The number of methoxy groups -OCH3 is 1. The van der Waals surface area contributed by atoms with Crippen LogP contribution in [0.5, 0.6) is 5.75 Å². The average molecular weight is 265 g/mol. The van der Waals surface area contributed by atoms with Gasteiger partial charge in [-0.05, 0) is 17.7 Å². The van der Waals surface area contributed by atoms with Crippen molar-refractivity contribution in [3.63, 3.8) is 0 Å². The van der Waals surface area contributed by atoms with Gasteiger partial charge >= 0.3 is 0 Å². The van der Waals surface area contributed by atoms with Crippen molar-refractivity contribution in [3.8, 4) is 5.75 Å². The van der Waals surface area contributed by atoms with E-state index >= 15 is 0 Å². The molecular formula is C13H13ClN2O2. The molecule has 2 aromatic rings. The lowest BCUT2D eigenvalue weighted by Gasteiger charge is -2.03. The van der Waals surface area contributed by atoms with Crippen molar-refractivity contribution < 1.29 is 9.53 Å². The van der Waals surface area contributed by atoms with Gasteiger partial charge in [-0.25, -0.2) is 0 Å². The summed E-state index contributed by atoms with van der Waals surface area (Å²) in [4.78, 5) is 11.4. The SMILES string of the molecule is COc1ccc(Cn2cc(C(=O)CCl)cn2)cc1. The van der Waals surface area contributed by atoms with Crippen molar-refractivity contribution in [2.75, 3.05) is 13.0 Å². The van der Waals surface area contributed by atoms with E-state index in [1.807, 2.05) is 24.3 Å². The highest BCUT2D eigenvalue weighted by molar-refractivity contribution is 6.30. The highest BCUT2D eigenvalue weighted by Gasteiger charge is 2.07. The van der Waals surface area contributed by atoms with E-state index in [1.54, 1.807) is 18.0 Å². The first-order valence-corrected chi connectivity index (χ1v) is 6.01. The fourth-order valence-corrected chi connectivity index (χ4v) is 1.74. The number of Topliss-reactive ketones (excluding diaryl/α,β-unsaturated/α-hetero) is 1. The van der Waals surface area contributed by atoms with Crippen LogP contribution in [0.1, 0.15) is 15.9 Å². The highest BCUT2D eigenvalue weighted by atomic mass is 35.5. The van der Waals surface area contributed by atoms with Crippen LogP contribution in [-0.2, 0) is 6.54 Å². The topological polar surface area (TPSA) is 44.1 Å². The van der Waals surface area contributed by atoms with Gasteiger partial charge in [0.25, 0.3) is 0 Å². The molecule has 1 heterocycles. The van der Waals surface area contributed by atoms with Crippen LogP contribution in [0, 0.1) is 0 Å². The number of hydrogen-bond donors (Lipinski definition) is 0. The number of alkyl halides is 1. The zero-order valence-corrected chi connectivity index (χ0v) is 10.7. The van der Waals surface area contributed by atoms with Crippen molar-refractivity contribution in [1.82, 2.24) is 9.78 Å². The lowest BCUT2D eigenvalue weighted by Crippen LogP contribution is -2.01. The van der Waals surface area contributed by atoms with Crippen LogP contribution in [0.3, 0.4) is 0 Å². The first-order valence-electron chi connectivity index (χ1n) is 5.47. The number of aromatic nitrogens is 2. The molecule has 2 rings (SSSR count). The minimum atomic E-state index is -0.113. The summed E-state index contributed by atoms with van der Waals surface area (Å²) in [6.07, 6.45) is 3.24. The number of carbonyl (C=O) groups excluding carboxylic acids is 1. The van der Waals surface area contributed by atoms with Crippen molar-refractivity contribution in [3.05, 3.63) is 47.8 Å². The molecule has 1 aromatic carbocycles. The molecule has 0 bridgehead atoms. The number of nitrogens with zero attached hydrogens (tertiary/aromatic N) is 2. The quantitative estimate of drug-likeness (QED) is 0.615. The normalized spacial score (nSPS) is 10.3. The summed E-state index contributed by atoms with van der Waals surface area (Å²) in [6, 6.07) is 7.71. The van der Waals surface area contributed by atoms with Crippen LogP contribution in [0.4, 0.5) is 0 Å². The highest BCUT2D eigenvalue weighted by Crippen LogP contribution is 2.12. The van der Waals surface area contributed by atoms with E-state index in [9.17, 15) is 4.79 Å². The molecule has 0 saturated carbocycles. The molecule has 0 aliphatic heterocycles. The molecule has 0 saturated heterocycles. The lowest BCUT2D eigenvalue weighted by atomic mass is 10.2. The molecule has 0 fully saturated rings. The molecule has 0 N–H and O–H groups in total. The molecule has 18 heavy (non-hydrogen) atoms. The van der Waals surface area contributed by atoms with Gasteiger partial charge in [-0.3, -0.25) is 9.48 Å². The summed E-state index contributed by atoms with van der Waals surface area (Å²) >= 11 is 5.49. The molecule has 94 valence electrons. The van der Waals surface area contributed by atoms with E-state index in [1.165, 1.54) is 6.20 Å². The number of rotatable bonds is 5. The number of ketones is 1. The van der Waals surface area contributed by atoms with Gasteiger partial charge in [0.15, 0.2) is 5.78 Å². The molecule has 4 nitrogen and oxygen atoms in total. The van der Waals surface area contributed by atoms with Gasteiger partial charge in [-0.2, -0.15) is 5.10 Å². The predicted molar refractivity (Wildman–Crippen MR) is 69.4 cm³/mol. The Balaban J connectivity index is 2.08. The van der Waals surface area contributed by atoms with E-state index in [-0.39, 0.29) is 11.7 Å². The summed E-state index contributed by atoms with van der Waals surface area (Å²) in [5.41, 5.74) is 1.63. The van der Waals surface area contributed by atoms with Crippen LogP contribution in [-0.4, -0.2) is 28.6 Å². The molecule has 0 radical (unpaired) electrons. The van der Waals surface area contributed by atoms with E-state index < -0.39 is 0 Å². The third kappa shape index (κ3) is 2.90. The van der Waals surface area contributed by atoms with Crippen LogP contribution >= 0.6 is 11.6 Å². The fourth-order valence-electron chi connectivity index (χ4n) is 1.59. The molecule has 1 aromatic heterocycles.